The van der Waals surface area contributed by atoms with Gasteiger partial charge in [0.05, 0.1) is 0 Å². The minimum absolute atomic E-state index is 0.345. The zero-order valence-corrected chi connectivity index (χ0v) is 3.59. The molecular formula is C3H5N3O. The van der Waals surface area contributed by atoms with E-state index in [2.05, 4.69) is 10.3 Å². The number of guanidine groups is 1. The lowest BCUT2D eigenvalue weighted by Crippen LogP contribution is -2.49. The molecule has 7 heavy (non-hydrogen) atoms. The van der Waals surface area contributed by atoms with Crippen molar-refractivity contribution in [3.05, 3.63) is 0 Å². The Bertz CT molecular complexity index is 119. The van der Waals surface area contributed by atoms with Gasteiger partial charge in [-0.1, -0.05) is 0 Å². The van der Waals surface area contributed by atoms with E-state index in [0.29, 0.717) is 12.2 Å². The third kappa shape index (κ3) is 0.534. The van der Waals surface area contributed by atoms with E-state index in [1.165, 1.54) is 0 Å². The first kappa shape index (κ1) is 4.11. The van der Waals surface area contributed by atoms with Crippen molar-refractivity contribution in [2.24, 2.45) is 10.7 Å². The number of nitrogens with zero attached hydrogens (tertiary/aromatic N) is 1. The molecule has 0 fully saturated rings. The van der Waals surface area contributed by atoms with Crippen LogP contribution < -0.4 is 11.1 Å². The van der Waals surface area contributed by atoms with Crippen molar-refractivity contribution >= 4 is 12.2 Å². The van der Waals surface area contributed by atoms with Crippen molar-refractivity contribution in [3.8, 4) is 0 Å². The molecule has 0 radical (unpaired) electrons. The lowest BCUT2D eigenvalue weighted by atomic mass is 10.5. The number of nitrogens with one attached hydrogen (secondary N) is 1. The van der Waals surface area contributed by atoms with Gasteiger partial charge in [0.1, 0.15) is 0 Å². The SMILES string of the molecule is NC1=NC(C=O)N1. The average Bonchev–Trinajstić information content (AvgIpc) is 1.58. The quantitative estimate of drug-likeness (QED) is 0.390. The fourth-order valence-electron chi connectivity index (χ4n) is 0.369. The summed E-state index contributed by atoms with van der Waals surface area (Å²) in [5.74, 6) is 0.345. The number of hydrogen-bond acceptors (Lipinski definition) is 4. The predicted molar refractivity (Wildman–Crippen MR) is 24.6 cm³/mol. The van der Waals surface area contributed by atoms with Crippen LogP contribution in [0.5, 0.6) is 0 Å². The zero-order valence-electron chi connectivity index (χ0n) is 3.59. The van der Waals surface area contributed by atoms with E-state index in [4.69, 9.17) is 5.73 Å². The van der Waals surface area contributed by atoms with Crippen LogP contribution in [0.15, 0.2) is 4.99 Å². The van der Waals surface area contributed by atoms with Crippen LogP contribution in [0.1, 0.15) is 0 Å². The molecule has 0 aromatic heterocycles. The standard InChI is InChI=1S/C3H5N3O/c4-3-5-2(1-7)6-3/h1-2H,(H3,4,5,6). The molecule has 0 amide bonds. The van der Waals surface area contributed by atoms with Gasteiger partial charge in [0.25, 0.3) is 0 Å². The van der Waals surface area contributed by atoms with Crippen LogP contribution in [0, 0.1) is 0 Å². The van der Waals surface area contributed by atoms with Gasteiger partial charge in [-0.2, -0.15) is 0 Å². The summed E-state index contributed by atoms with van der Waals surface area (Å²) in [5.41, 5.74) is 5.02. The summed E-state index contributed by atoms with van der Waals surface area (Å²) < 4.78 is 0. The first-order chi connectivity index (χ1) is 3.33. The fraction of sp³-hybridized carbons (Fsp3) is 0.333. The van der Waals surface area contributed by atoms with Gasteiger partial charge < -0.3 is 11.1 Å². The first-order valence-corrected chi connectivity index (χ1v) is 1.88. The van der Waals surface area contributed by atoms with Gasteiger partial charge in [-0.15, -0.1) is 0 Å². The van der Waals surface area contributed by atoms with Crippen molar-refractivity contribution < 1.29 is 4.79 Å². The maximum Gasteiger partial charge on any atom is 0.193 e. The third-order valence-corrected chi connectivity index (χ3v) is 0.703. The number of aldehydes is 1. The minimum Gasteiger partial charge on any atom is -0.370 e. The molecule has 4 nitrogen and oxygen atoms in total. The highest BCUT2D eigenvalue weighted by molar-refractivity contribution is 5.88. The average molecular weight is 99.1 g/mol. The smallest absolute Gasteiger partial charge is 0.193 e. The predicted octanol–water partition coefficient (Wildman–Crippen LogP) is -1.57. The lowest BCUT2D eigenvalue weighted by molar-refractivity contribution is -0.109. The molecule has 1 unspecified atom stereocenters. The van der Waals surface area contributed by atoms with Crippen LogP contribution >= 0.6 is 0 Å². The van der Waals surface area contributed by atoms with Crippen molar-refractivity contribution in [1.82, 2.24) is 5.32 Å². The Balaban J connectivity index is 2.45. The van der Waals surface area contributed by atoms with Crippen LogP contribution in [-0.4, -0.2) is 18.4 Å². The normalized spacial score (nSPS) is 26.9. The molecular weight excluding hydrogens is 94.1 g/mol. The van der Waals surface area contributed by atoms with E-state index in [0.717, 1.165) is 0 Å². The number of carbonyl (C=O) groups excluding carboxylic acids is 1. The Morgan fingerprint density at radius 1 is 2.00 bits per heavy atom. The summed E-state index contributed by atoms with van der Waals surface area (Å²) in [5, 5.41) is 2.55. The van der Waals surface area contributed by atoms with Crippen LogP contribution in [0.3, 0.4) is 0 Å². The number of rotatable bonds is 1. The Hall–Kier alpha value is -1.06. The molecule has 38 valence electrons. The molecule has 1 aliphatic rings. The molecule has 3 N–H and O–H groups in total. The Kier molecular flexibility index (Phi) is 0.714. The summed E-state index contributed by atoms with van der Waals surface area (Å²) in [4.78, 5) is 13.3. The van der Waals surface area contributed by atoms with Gasteiger partial charge in [-0.25, -0.2) is 4.99 Å². The summed E-state index contributed by atoms with van der Waals surface area (Å²) in [6.45, 7) is 0. The molecule has 1 heterocycles. The third-order valence-electron chi connectivity index (χ3n) is 0.703. The molecule has 0 bridgehead atoms. The van der Waals surface area contributed by atoms with Crippen LogP contribution in [0.25, 0.3) is 0 Å². The highest BCUT2D eigenvalue weighted by atomic mass is 16.1. The minimum atomic E-state index is -0.375. The van der Waals surface area contributed by atoms with Crippen LogP contribution in [0.2, 0.25) is 0 Å². The Labute approximate surface area is 40.4 Å². The molecule has 1 rings (SSSR count). The van der Waals surface area contributed by atoms with Crippen LogP contribution in [-0.2, 0) is 4.79 Å². The highest BCUT2D eigenvalue weighted by Gasteiger charge is 2.13. The van der Waals surface area contributed by atoms with E-state index in [1.807, 2.05) is 0 Å². The van der Waals surface area contributed by atoms with Crippen molar-refractivity contribution in [2.75, 3.05) is 0 Å². The largest absolute Gasteiger partial charge is 0.370 e. The number of aliphatic imine (C=N–C) groups is 1. The van der Waals surface area contributed by atoms with E-state index in [1.54, 1.807) is 0 Å². The van der Waals surface area contributed by atoms with Crippen molar-refractivity contribution in [3.63, 3.8) is 0 Å². The van der Waals surface area contributed by atoms with Crippen molar-refractivity contribution in [2.45, 2.75) is 6.17 Å². The summed E-state index contributed by atoms with van der Waals surface area (Å²) in [7, 11) is 0. The zero-order chi connectivity index (χ0) is 5.28. The second-order valence-electron chi connectivity index (χ2n) is 1.24. The maximum atomic E-state index is 9.71. The molecule has 1 atom stereocenters. The monoisotopic (exact) mass is 99.0 g/mol. The molecule has 0 saturated carbocycles. The van der Waals surface area contributed by atoms with E-state index in [9.17, 15) is 4.79 Å². The van der Waals surface area contributed by atoms with Crippen LogP contribution in [0.4, 0.5) is 0 Å². The second-order valence-corrected chi connectivity index (χ2v) is 1.24. The van der Waals surface area contributed by atoms with Gasteiger partial charge >= 0.3 is 0 Å². The number of carbonyl (C=O) groups is 1. The van der Waals surface area contributed by atoms with Gasteiger partial charge in [0, 0.05) is 0 Å². The van der Waals surface area contributed by atoms with Gasteiger partial charge in [-0.3, -0.25) is 4.79 Å². The summed E-state index contributed by atoms with van der Waals surface area (Å²) in [6, 6.07) is 0. The Morgan fingerprint density at radius 3 is 2.71 bits per heavy atom. The first-order valence-electron chi connectivity index (χ1n) is 1.88. The number of hydrogen-bond donors (Lipinski definition) is 2. The van der Waals surface area contributed by atoms with E-state index in [-0.39, 0.29) is 6.17 Å². The molecule has 0 aromatic carbocycles. The highest BCUT2D eigenvalue weighted by Crippen LogP contribution is 1.88. The fourth-order valence-corrected chi connectivity index (χ4v) is 0.369. The maximum absolute atomic E-state index is 9.71. The topological polar surface area (TPSA) is 67.5 Å². The van der Waals surface area contributed by atoms with E-state index < -0.39 is 0 Å². The molecule has 0 saturated heterocycles. The van der Waals surface area contributed by atoms with E-state index >= 15 is 0 Å². The summed E-state index contributed by atoms with van der Waals surface area (Å²) >= 11 is 0. The summed E-state index contributed by atoms with van der Waals surface area (Å²) in [6.07, 6.45) is 0.316. The Morgan fingerprint density at radius 2 is 2.57 bits per heavy atom. The van der Waals surface area contributed by atoms with Gasteiger partial charge in [0.15, 0.2) is 18.4 Å². The molecule has 1 aliphatic heterocycles. The second kappa shape index (κ2) is 1.22. The molecule has 0 spiro atoms. The lowest BCUT2D eigenvalue weighted by Gasteiger charge is -2.17. The molecule has 0 aliphatic carbocycles. The molecule has 4 heteroatoms. The van der Waals surface area contributed by atoms with Gasteiger partial charge in [-0.05, 0) is 0 Å². The van der Waals surface area contributed by atoms with Gasteiger partial charge in [0.2, 0.25) is 0 Å². The van der Waals surface area contributed by atoms with Crippen molar-refractivity contribution in [1.29, 1.82) is 0 Å². The number of nitrogens with two attached hydrogens (primary N) is 1. The molecule has 0 aromatic rings.